The number of carbonyl (C=O) groups excluding carboxylic acids is 2. The number of hydrogen-bond donors (Lipinski definition) is 2. The Morgan fingerprint density at radius 1 is 1.21 bits per heavy atom. The minimum absolute atomic E-state index is 0.127. The first kappa shape index (κ1) is 21.4. The first-order chi connectivity index (χ1) is 13.8. The molecule has 0 spiro atoms. The highest BCUT2D eigenvalue weighted by Crippen LogP contribution is 2.37. The average Bonchev–Trinajstić information content (AvgIpc) is 2.68. The predicted molar refractivity (Wildman–Crippen MR) is 111 cm³/mol. The molecule has 1 saturated heterocycles. The van der Waals surface area contributed by atoms with Crippen molar-refractivity contribution in [1.82, 2.24) is 15.5 Å². The standard InChI is InChI=1S/C22H33N3O4/c1-22(2,3)29-21(27)25-13-9-16-15-18(25)20(26)24-12-11-23-10-6-14-28-19-8-5-4-7-17(16)19/h4-5,7-8,16,18,23H,6,9-15H2,1-3H3,(H,24,26)/t16-,18+/m0/s1. The van der Waals surface area contributed by atoms with Crippen molar-refractivity contribution in [2.24, 2.45) is 0 Å². The number of nitrogens with zero attached hydrogens (tertiary/aromatic N) is 1. The van der Waals surface area contributed by atoms with Crippen LogP contribution in [0.3, 0.4) is 0 Å². The van der Waals surface area contributed by atoms with Crippen molar-refractivity contribution in [3.8, 4) is 5.75 Å². The van der Waals surface area contributed by atoms with Gasteiger partial charge in [-0.2, -0.15) is 0 Å². The molecule has 7 heteroatoms. The van der Waals surface area contributed by atoms with E-state index in [4.69, 9.17) is 9.47 Å². The maximum Gasteiger partial charge on any atom is 0.410 e. The van der Waals surface area contributed by atoms with Crippen molar-refractivity contribution in [3.05, 3.63) is 29.8 Å². The van der Waals surface area contributed by atoms with Gasteiger partial charge in [0, 0.05) is 19.6 Å². The number of nitrogens with one attached hydrogen (secondary N) is 2. The summed E-state index contributed by atoms with van der Waals surface area (Å²) >= 11 is 0. The van der Waals surface area contributed by atoms with Gasteiger partial charge >= 0.3 is 6.09 Å². The summed E-state index contributed by atoms with van der Waals surface area (Å²) in [6.45, 7) is 8.68. The van der Waals surface area contributed by atoms with Crippen LogP contribution in [0.4, 0.5) is 4.79 Å². The van der Waals surface area contributed by atoms with Crippen LogP contribution in [0.15, 0.2) is 24.3 Å². The lowest BCUT2D eigenvalue weighted by Crippen LogP contribution is -2.55. The minimum Gasteiger partial charge on any atom is -0.493 e. The molecular formula is C22H33N3O4. The van der Waals surface area contributed by atoms with Crippen LogP contribution in [0.5, 0.6) is 5.75 Å². The summed E-state index contributed by atoms with van der Waals surface area (Å²) in [6, 6.07) is 7.48. The van der Waals surface area contributed by atoms with E-state index < -0.39 is 17.7 Å². The highest BCUT2D eigenvalue weighted by molar-refractivity contribution is 5.86. The number of likely N-dealkylation sites (tertiary alicyclic amines) is 1. The molecule has 0 saturated carbocycles. The van der Waals surface area contributed by atoms with E-state index in [2.05, 4.69) is 16.7 Å². The Balaban J connectivity index is 1.85. The van der Waals surface area contributed by atoms with E-state index in [1.165, 1.54) is 0 Å². The lowest BCUT2D eigenvalue weighted by molar-refractivity contribution is -0.127. The predicted octanol–water partition coefficient (Wildman–Crippen LogP) is 2.66. The lowest BCUT2D eigenvalue weighted by Gasteiger charge is -2.39. The molecule has 2 heterocycles. The molecule has 2 atom stereocenters. The van der Waals surface area contributed by atoms with Crippen molar-refractivity contribution in [2.45, 2.75) is 57.6 Å². The Labute approximate surface area is 173 Å². The highest BCUT2D eigenvalue weighted by Gasteiger charge is 2.39. The molecule has 29 heavy (non-hydrogen) atoms. The zero-order valence-electron chi connectivity index (χ0n) is 17.7. The molecule has 3 rings (SSSR count). The van der Waals surface area contributed by atoms with Gasteiger partial charge in [-0.3, -0.25) is 9.69 Å². The van der Waals surface area contributed by atoms with Gasteiger partial charge in [0.25, 0.3) is 0 Å². The number of piperidine rings is 1. The van der Waals surface area contributed by atoms with Crippen LogP contribution in [0.25, 0.3) is 0 Å². The normalized spacial score (nSPS) is 23.8. The smallest absolute Gasteiger partial charge is 0.410 e. The molecule has 2 bridgehead atoms. The van der Waals surface area contributed by atoms with Crippen LogP contribution in [0.1, 0.15) is 51.5 Å². The largest absolute Gasteiger partial charge is 0.493 e. The molecular weight excluding hydrogens is 370 g/mol. The molecule has 2 N–H and O–H groups in total. The molecule has 7 nitrogen and oxygen atoms in total. The summed E-state index contributed by atoms with van der Waals surface area (Å²) in [5, 5.41) is 6.29. The molecule has 2 aliphatic rings. The Hall–Kier alpha value is -2.28. The Morgan fingerprint density at radius 3 is 2.79 bits per heavy atom. The molecule has 0 aromatic heterocycles. The summed E-state index contributed by atoms with van der Waals surface area (Å²) in [4.78, 5) is 27.3. The van der Waals surface area contributed by atoms with Crippen LogP contribution in [0, 0.1) is 0 Å². The first-order valence-corrected chi connectivity index (χ1v) is 10.5. The SMILES string of the molecule is CC(C)(C)OC(=O)N1CC[C@H]2C[C@@H]1C(=O)NCCNCCCOc1ccccc12. The van der Waals surface area contributed by atoms with E-state index in [1.807, 2.05) is 39.0 Å². The van der Waals surface area contributed by atoms with Crippen LogP contribution in [-0.2, 0) is 9.53 Å². The fourth-order valence-corrected chi connectivity index (χ4v) is 3.88. The number of hydrogen-bond acceptors (Lipinski definition) is 5. The molecule has 1 aromatic rings. The molecule has 0 aliphatic carbocycles. The number of para-hydroxylation sites is 1. The third kappa shape index (κ3) is 5.85. The van der Waals surface area contributed by atoms with E-state index >= 15 is 0 Å². The van der Waals surface area contributed by atoms with Crippen LogP contribution in [-0.4, -0.2) is 61.3 Å². The fraction of sp³-hybridized carbons (Fsp3) is 0.636. The third-order valence-corrected chi connectivity index (χ3v) is 5.25. The second-order valence-electron chi connectivity index (χ2n) is 8.69. The van der Waals surface area contributed by atoms with Gasteiger partial charge in [-0.25, -0.2) is 4.79 Å². The lowest BCUT2D eigenvalue weighted by atomic mass is 9.84. The topological polar surface area (TPSA) is 79.9 Å². The summed E-state index contributed by atoms with van der Waals surface area (Å²) in [5.74, 6) is 0.902. The van der Waals surface area contributed by atoms with Gasteiger partial charge in [0.2, 0.25) is 5.91 Å². The van der Waals surface area contributed by atoms with Crippen molar-refractivity contribution in [2.75, 3.05) is 32.8 Å². The highest BCUT2D eigenvalue weighted by atomic mass is 16.6. The van der Waals surface area contributed by atoms with Gasteiger partial charge in [0.15, 0.2) is 0 Å². The van der Waals surface area contributed by atoms with Crippen LogP contribution < -0.4 is 15.4 Å². The zero-order valence-corrected chi connectivity index (χ0v) is 17.7. The van der Waals surface area contributed by atoms with Crippen LogP contribution in [0.2, 0.25) is 0 Å². The Bertz CT molecular complexity index is 716. The number of carbonyl (C=O) groups is 2. The quantitative estimate of drug-likeness (QED) is 0.696. The molecule has 2 aliphatic heterocycles. The van der Waals surface area contributed by atoms with Gasteiger partial charge in [-0.05, 0) is 64.1 Å². The zero-order chi connectivity index (χ0) is 20.9. The van der Waals surface area contributed by atoms with E-state index in [9.17, 15) is 9.59 Å². The second-order valence-corrected chi connectivity index (χ2v) is 8.69. The Morgan fingerprint density at radius 2 is 2.00 bits per heavy atom. The van der Waals surface area contributed by atoms with Crippen molar-refractivity contribution >= 4 is 12.0 Å². The maximum absolute atomic E-state index is 13.0. The van der Waals surface area contributed by atoms with Crippen molar-refractivity contribution < 1.29 is 19.1 Å². The summed E-state index contributed by atoms with van der Waals surface area (Å²) < 4.78 is 11.6. The van der Waals surface area contributed by atoms with Gasteiger partial charge < -0.3 is 20.1 Å². The minimum atomic E-state index is -0.601. The molecule has 0 radical (unpaired) electrons. The fourth-order valence-electron chi connectivity index (χ4n) is 3.88. The number of benzene rings is 1. The summed E-state index contributed by atoms with van der Waals surface area (Å²) in [5.41, 5.74) is 0.509. The van der Waals surface area contributed by atoms with Crippen molar-refractivity contribution in [1.29, 1.82) is 0 Å². The second kappa shape index (κ2) is 9.48. The summed E-state index contributed by atoms with van der Waals surface area (Å²) in [6.07, 6.45) is 1.80. The van der Waals surface area contributed by atoms with E-state index in [0.29, 0.717) is 32.7 Å². The third-order valence-electron chi connectivity index (χ3n) is 5.25. The number of amides is 2. The molecule has 1 aromatic carbocycles. The van der Waals surface area contributed by atoms with E-state index in [-0.39, 0.29) is 11.8 Å². The van der Waals surface area contributed by atoms with E-state index in [0.717, 1.165) is 30.7 Å². The average molecular weight is 404 g/mol. The maximum atomic E-state index is 13.0. The van der Waals surface area contributed by atoms with Crippen LogP contribution >= 0.6 is 0 Å². The van der Waals surface area contributed by atoms with Crippen molar-refractivity contribution in [3.63, 3.8) is 0 Å². The Kier molecular flexibility index (Phi) is 7.00. The van der Waals surface area contributed by atoms with Gasteiger partial charge in [0.05, 0.1) is 6.61 Å². The van der Waals surface area contributed by atoms with E-state index in [1.54, 1.807) is 4.90 Å². The molecule has 1 fully saturated rings. The number of ether oxygens (including phenoxy) is 2. The van der Waals surface area contributed by atoms with Gasteiger partial charge in [0.1, 0.15) is 17.4 Å². The molecule has 0 unspecified atom stereocenters. The van der Waals surface area contributed by atoms with Gasteiger partial charge in [-0.1, -0.05) is 18.2 Å². The first-order valence-electron chi connectivity index (χ1n) is 10.5. The molecule has 160 valence electrons. The number of rotatable bonds is 0. The summed E-state index contributed by atoms with van der Waals surface area (Å²) in [7, 11) is 0. The number of fused-ring (bicyclic) bond motifs is 4. The monoisotopic (exact) mass is 403 g/mol. The molecule has 2 amide bonds. The van der Waals surface area contributed by atoms with Gasteiger partial charge in [-0.15, -0.1) is 0 Å².